The average molecular weight is 709 g/mol. The van der Waals surface area contributed by atoms with Crippen molar-refractivity contribution in [3.8, 4) is 33.4 Å². The maximum absolute atomic E-state index is 13.0. The molecule has 0 atom stereocenters. The van der Waals surface area contributed by atoms with Crippen molar-refractivity contribution < 1.29 is 28.8 Å². The van der Waals surface area contributed by atoms with Crippen molar-refractivity contribution in [2.24, 2.45) is 10.2 Å². The molecule has 0 aliphatic heterocycles. The third-order valence-corrected chi connectivity index (χ3v) is 10.8. The molecule has 0 saturated heterocycles. The lowest BCUT2D eigenvalue weighted by Gasteiger charge is -2.22. The molecule has 50 heavy (non-hydrogen) atoms. The number of nitrogens with two attached hydrogens (primary N) is 2. The minimum absolute atomic E-state index is 0.0538. The molecule has 8 N–H and O–H groups in total. The number of anilines is 2. The molecule has 0 unspecified atom stereocenters. The van der Waals surface area contributed by atoms with E-state index in [9.17, 15) is 25.9 Å². The molecule has 0 fully saturated rings. The van der Waals surface area contributed by atoms with Crippen LogP contribution >= 0.6 is 0 Å². The summed E-state index contributed by atoms with van der Waals surface area (Å²) in [6.07, 6.45) is 0. The van der Waals surface area contributed by atoms with Crippen LogP contribution in [0, 0.1) is 38.7 Å². The van der Waals surface area contributed by atoms with E-state index >= 15 is 0 Å². The monoisotopic (exact) mass is 708 g/mol. The minimum Gasteiger partial charge on any atom is -0.396 e. The van der Waals surface area contributed by atoms with Crippen LogP contribution in [0.1, 0.15) is 22.3 Å². The number of hydrogen-bond acceptors (Lipinski definition) is 10. The predicted octanol–water partition coefficient (Wildman–Crippen LogP) is 9.21. The van der Waals surface area contributed by atoms with Gasteiger partial charge in [0.05, 0.1) is 11.4 Å². The van der Waals surface area contributed by atoms with Gasteiger partial charge in [-0.3, -0.25) is 9.11 Å². The van der Waals surface area contributed by atoms with Crippen molar-refractivity contribution in [3.05, 3.63) is 95.1 Å². The van der Waals surface area contributed by atoms with Crippen LogP contribution in [0.3, 0.4) is 0 Å². The van der Waals surface area contributed by atoms with E-state index < -0.39 is 30.0 Å². The Kier molecular flexibility index (Phi) is 7.68. The topological polar surface area (TPSA) is 233 Å². The molecule has 6 aromatic rings. The average Bonchev–Trinajstić information content (AvgIpc) is 3.06. The first-order valence-electron chi connectivity index (χ1n) is 16.0. The van der Waals surface area contributed by atoms with Crippen LogP contribution in [0.25, 0.3) is 54.9 Å². The molecule has 0 radical (unpaired) electrons. The molecule has 0 heterocycles. The van der Waals surface area contributed by atoms with Crippen LogP contribution in [0.5, 0.6) is 0 Å². The van der Waals surface area contributed by atoms with Crippen LogP contribution in [-0.2, 0) is 20.2 Å². The Morgan fingerprint density at radius 1 is 0.560 bits per heavy atom. The summed E-state index contributed by atoms with van der Waals surface area (Å²) in [6, 6.07) is 21.1. The summed E-state index contributed by atoms with van der Waals surface area (Å²) in [7, 11) is -9.87. The molecule has 6 aromatic carbocycles. The van der Waals surface area contributed by atoms with Gasteiger partial charge in [0.25, 0.3) is 20.2 Å². The van der Waals surface area contributed by atoms with Crippen molar-refractivity contribution in [1.29, 1.82) is 11.0 Å². The fraction of sp³-hybridized carbons (Fsp3) is 0.111. The second kappa shape index (κ2) is 12.1. The SMILES string of the molecule is [H]/N=N/c1c(S(=O)(=O)O)c(-c2c(C)cc(-c3cc(C)c(-c4c(S(=O)(=O)O)c(/N=N/[H])c(N)c5ccccc45)c(C)c3)cc2C)c2ccccc2c1N. The standard InChI is InChI=1S/C36H32N6O6S2/c1-17-13-21(14-18(2)27(17)29-23-9-5-7-11-25(23)31(37)33(41-39)35(29)49(43,44)45)22-15-19(3)28(20(4)16-22)30-24-10-6-8-12-26(24)32(38)34(42-40)36(30)50(46,47)48/h5-16,39-40H,37-38H2,1-4H3,(H,43,44,45)(H,46,47,48)/b41-39+,42-40+. The number of fused-ring (bicyclic) bond motifs is 2. The highest BCUT2D eigenvalue weighted by Gasteiger charge is 2.31. The van der Waals surface area contributed by atoms with E-state index in [1.807, 2.05) is 24.3 Å². The van der Waals surface area contributed by atoms with Crippen molar-refractivity contribution in [1.82, 2.24) is 0 Å². The molecule has 0 spiro atoms. The van der Waals surface area contributed by atoms with E-state index in [0.717, 1.165) is 11.1 Å². The second-order valence-corrected chi connectivity index (χ2v) is 14.9. The Labute approximate surface area is 291 Å². The molecule has 14 heteroatoms. The fourth-order valence-electron chi connectivity index (χ4n) is 7.10. The predicted molar refractivity (Wildman–Crippen MR) is 195 cm³/mol. The maximum Gasteiger partial charge on any atom is 0.297 e. The molecule has 0 aromatic heterocycles. The van der Waals surface area contributed by atoms with E-state index in [4.69, 9.17) is 14.3 Å². The Hall–Kier alpha value is -5.54. The number of nitrogens with zero attached hydrogens (tertiary/aromatic N) is 2. The Morgan fingerprint density at radius 2 is 0.860 bits per heavy atom. The van der Waals surface area contributed by atoms with E-state index in [-0.39, 0.29) is 33.9 Å². The van der Waals surface area contributed by atoms with Crippen molar-refractivity contribution in [2.75, 3.05) is 11.5 Å². The normalized spacial score (nSPS) is 13.1. The summed E-state index contributed by atoms with van der Waals surface area (Å²) < 4.78 is 87.4. The summed E-state index contributed by atoms with van der Waals surface area (Å²) >= 11 is 0. The Morgan fingerprint density at radius 3 is 1.14 bits per heavy atom. The van der Waals surface area contributed by atoms with Gasteiger partial charge in [0.1, 0.15) is 21.2 Å². The number of benzene rings is 6. The van der Waals surface area contributed by atoms with Crippen LogP contribution in [0.15, 0.2) is 92.8 Å². The molecular formula is C36H32N6O6S2. The summed E-state index contributed by atoms with van der Waals surface area (Å²) in [5.41, 5.74) is 23.3. The zero-order valence-corrected chi connectivity index (χ0v) is 28.8. The summed E-state index contributed by atoms with van der Waals surface area (Å²) in [5, 5.41) is 9.20. The number of nitrogens with one attached hydrogen (secondary N) is 2. The fourth-order valence-corrected chi connectivity index (χ4v) is 8.83. The van der Waals surface area contributed by atoms with Gasteiger partial charge < -0.3 is 11.5 Å². The van der Waals surface area contributed by atoms with Gasteiger partial charge in [0.15, 0.2) is 0 Å². The van der Waals surface area contributed by atoms with Gasteiger partial charge >= 0.3 is 0 Å². The molecule has 254 valence electrons. The molecule has 0 bridgehead atoms. The molecule has 12 nitrogen and oxygen atoms in total. The molecule has 6 rings (SSSR count). The van der Waals surface area contributed by atoms with Crippen LogP contribution < -0.4 is 11.5 Å². The molecule has 0 amide bonds. The van der Waals surface area contributed by atoms with Crippen molar-refractivity contribution in [2.45, 2.75) is 37.5 Å². The highest BCUT2D eigenvalue weighted by molar-refractivity contribution is 7.86. The van der Waals surface area contributed by atoms with Gasteiger partial charge in [-0.15, -0.1) is 0 Å². The van der Waals surface area contributed by atoms with E-state index in [1.165, 1.54) is 0 Å². The van der Waals surface area contributed by atoms with Crippen LogP contribution in [0.4, 0.5) is 22.7 Å². The lowest BCUT2D eigenvalue weighted by Crippen LogP contribution is -2.07. The quantitative estimate of drug-likeness (QED) is 0.0530. The van der Waals surface area contributed by atoms with Gasteiger partial charge in [-0.1, -0.05) is 72.8 Å². The molecule has 0 aliphatic carbocycles. The Balaban J connectivity index is 1.63. The van der Waals surface area contributed by atoms with E-state index in [0.29, 0.717) is 54.9 Å². The number of rotatable bonds is 7. The van der Waals surface area contributed by atoms with Crippen LogP contribution in [0.2, 0.25) is 2.82 Å². The summed E-state index contributed by atoms with van der Waals surface area (Å²) in [4.78, 5) is -1.13. The Bertz CT molecular complexity index is 2550. The first-order chi connectivity index (χ1) is 24.5. The number of nitrogen functional groups attached to an aromatic ring is 2. The van der Waals surface area contributed by atoms with Gasteiger partial charge in [0, 0.05) is 21.9 Å². The molecule has 0 saturated carbocycles. The summed E-state index contributed by atoms with van der Waals surface area (Å²) in [5.74, 6) is 0. The zero-order chi connectivity index (χ0) is 37.9. The summed E-state index contributed by atoms with van der Waals surface area (Å²) in [6.45, 7) is 7.19. The highest BCUT2D eigenvalue weighted by Crippen LogP contribution is 2.50. The highest BCUT2D eigenvalue weighted by atomic mass is 32.2. The largest absolute Gasteiger partial charge is 0.396 e. The van der Waals surface area contributed by atoms with Gasteiger partial charge in [-0.25, -0.2) is 11.0 Å². The number of aryl methyl sites for hydroxylation is 4. The van der Waals surface area contributed by atoms with Crippen molar-refractivity contribution in [3.63, 3.8) is 0 Å². The van der Waals surface area contributed by atoms with Gasteiger partial charge in [0.2, 0.25) is 2.82 Å². The smallest absolute Gasteiger partial charge is 0.297 e. The molecular weight excluding hydrogens is 677 g/mol. The van der Waals surface area contributed by atoms with Gasteiger partial charge in [-0.05, 0) is 83.0 Å². The first kappa shape index (κ1) is 31.7. The van der Waals surface area contributed by atoms with Gasteiger partial charge in [-0.2, -0.15) is 27.1 Å². The third-order valence-electron chi connectivity index (χ3n) is 8.98. The lowest BCUT2D eigenvalue weighted by molar-refractivity contribution is 0.481. The van der Waals surface area contributed by atoms with E-state index in [1.54, 1.807) is 76.2 Å². The zero-order valence-electron chi connectivity index (χ0n) is 29.2. The van der Waals surface area contributed by atoms with Crippen LogP contribution in [-0.4, -0.2) is 25.9 Å². The second-order valence-electron chi connectivity index (χ2n) is 12.1. The first-order valence-corrected chi connectivity index (χ1v) is 18.0. The van der Waals surface area contributed by atoms with Crippen molar-refractivity contribution >= 4 is 64.5 Å². The lowest BCUT2D eigenvalue weighted by atomic mass is 9.85. The minimum atomic E-state index is -4.93. The maximum atomic E-state index is 13.0. The van der Waals surface area contributed by atoms with E-state index in [2.05, 4.69) is 21.3 Å². The number of hydrogen-bond donors (Lipinski definition) is 6. The molecule has 0 aliphatic rings. The third kappa shape index (κ3) is 5.38.